The predicted octanol–water partition coefficient (Wildman–Crippen LogP) is 2.95. The Morgan fingerprint density at radius 1 is 1.11 bits per heavy atom. The Bertz CT molecular complexity index is 964. The largest absolute Gasteiger partial charge is 0.486 e. The highest BCUT2D eigenvalue weighted by Crippen LogP contribution is 2.40. The summed E-state index contributed by atoms with van der Waals surface area (Å²) in [5.74, 6) is 2.02. The summed E-state index contributed by atoms with van der Waals surface area (Å²) in [6.07, 6.45) is 5.85. The molecule has 3 aromatic rings. The number of hydrogen-bond acceptors (Lipinski definition) is 7. The van der Waals surface area contributed by atoms with E-state index in [0.717, 1.165) is 31.5 Å². The number of rotatable bonds is 3. The van der Waals surface area contributed by atoms with Gasteiger partial charge >= 0.3 is 0 Å². The van der Waals surface area contributed by atoms with E-state index in [-0.39, 0.29) is 0 Å². The SMILES string of the molecule is Clc1cc(-c2noc(-c3cnn(C4CCNCC4)c3)n2)cc2c1OCCO2. The van der Waals surface area contributed by atoms with E-state index in [1.54, 1.807) is 12.3 Å². The molecule has 0 spiro atoms. The number of hydrogen-bond donors (Lipinski definition) is 1. The highest BCUT2D eigenvalue weighted by molar-refractivity contribution is 6.32. The van der Waals surface area contributed by atoms with Crippen LogP contribution in [0.5, 0.6) is 11.5 Å². The fourth-order valence-electron chi connectivity index (χ4n) is 3.42. The fraction of sp³-hybridized carbons (Fsp3) is 0.389. The average Bonchev–Trinajstić information content (AvgIpc) is 3.38. The molecule has 0 unspecified atom stereocenters. The molecule has 2 aliphatic heterocycles. The van der Waals surface area contributed by atoms with Gasteiger partial charge in [0.2, 0.25) is 5.82 Å². The number of benzene rings is 1. The van der Waals surface area contributed by atoms with E-state index in [2.05, 4.69) is 20.6 Å². The van der Waals surface area contributed by atoms with Crippen molar-refractivity contribution in [1.82, 2.24) is 25.2 Å². The fourth-order valence-corrected chi connectivity index (χ4v) is 3.68. The first-order valence-electron chi connectivity index (χ1n) is 8.96. The third kappa shape index (κ3) is 3.15. The van der Waals surface area contributed by atoms with Crippen LogP contribution in [-0.2, 0) is 0 Å². The number of aromatic nitrogens is 4. The first kappa shape index (κ1) is 16.6. The Morgan fingerprint density at radius 3 is 2.85 bits per heavy atom. The van der Waals surface area contributed by atoms with Crippen molar-refractivity contribution in [3.63, 3.8) is 0 Å². The molecule has 1 saturated heterocycles. The van der Waals surface area contributed by atoms with Gasteiger partial charge in [0.15, 0.2) is 11.5 Å². The van der Waals surface area contributed by atoms with Gasteiger partial charge in [-0.1, -0.05) is 16.8 Å². The second-order valence-corrected chi connectivity index (χ2v) is 7.00. The monoisotopic (exact) mass is 387 g/mol. The number of piperidine rings is 1. The summed E-state index contributed by atoms with van der Waals surface area (Å²) in [6, 6.07) is 3.97. The Hall–Kier alpha value is -2.58. The molecule has 2 aliphatic rings. The van der Waals surface area contributed by atoms with Crippen LogP contribution in [-0.4, -0.2) is 46.2 Å². The standard InChI is InChI=1S/C18H18ClN5O3/c19-14-7-11(8-15-16(14)26-6-5-25-15)17-22-18(27-23-17)12-9-21-24(10-12)13-1-3-20-4-2-13/h7-10,13,20H,1-6H2. The number of ether oxygens (including phenoxy) is 2. The van der Waals surface area contributed by atoms with Crippen LogP contribution in [0.25, 0.3) is 22.8 Å². The van der Waals surface area contributed by atoms with Crippen molar-refractivity contribution in [2.24, 2.45) is 0 Å². The summed E-state index contributed by atoms with van der Waals surface area (Å²) in [4.78, 5) is 4.50. The van der Waals surface area contributed by atoms with E-state index < -0.39 is 0 Å². The number of fused-ring (bicyclic) bond motifs is 1. The van der Waals surface area contributed by atoms with Gasteiger partial charge in [0.05, 0.1) is 22.8 Å². The lowest BCUT2D eigenvalue weighted by Crippen LogP contribution is -2.29. The van der Waals surface area contributed by atoms with Crippen LogP contribution in [0.15, 0.2) is 29.0 Å². The van der Waals surface area contributed by atoms with E-state index >= 15 is 0 Å². The molecule has 1 fully saturated rings. The summed E-state index contributed by atoms with van der Waals surface area (Å²) in [6.45, 7) is 2.99. The minimum absolute atomic E-state index is 0.402. The zero-order chi connectivity index (χ0) is 18.2. The Balaban J connectivity index is 1.42. The molecule has 0 amide bonds. The van der Waals surface area contributed by atoms with Gasteiger partial charge in [-0.15, -0.1) is 0 Å². The summed E-state index contributed by atoms with van der Waals surface area (Å²) < 4.78 is 18.6. The highest BCUT2D eigenvalue weighted by atomic mass is 35.5. The smallest absolute Gasteiger partial charge is 0.261 e. The van der Waals surface area contributed by atoms with Crippen molar-refractivity contribution in [2.45, 2.75) is 18.9 Å². The van der Waals surface area contributed by atoms with Crippen LogP contribution < -0.4 is 14.8 Å². The molecule has 1 aromatic carbocycles. The van der Waals surface area contributed by atoms with Crippen LogP contribution in [0.1, 0.15) is 18.9 Å². The van der Waals surface area contributed by atoms with Crippen LogP contribution in [0.2, 0.25) is 5.02 Å². The summed E-state index contributed by atoms with van der Waals surface area (Å²) in [5, 5.41) is 12.4. The third-order valence-corrected chi connectivity index (χ3v) is 5.09. The van der Waals surface area contributed by atoms with Gasteiger partial charge in [-0.25, -0.2) is 0 Å². The van der Waals surface area contributed by atoms with Crippen molar-refractivity contribution in [3.05, 3.63) is 29.5 Å². The van der Waals surface area contributed by atoms with Gasteiger partial charge < -0.3 is 19.3 Å². The van der Waals surface area contributed by atoms with E-state index in [1.807, 2.05) is 16.9 Å². The summed E-state index contributed by atoms with van der Waals surface area (Å²) in [5.41, 5.74) is 1.51. The topological polar surface area (TPSA) is 87.2 Å². The van der Waals surface area contributed by atoms with E-state index in [4.69, 9.17) is 25.6 Å². The summed E-state index contributed by atoms with van der Waals surface area (Å²) in [7, 11) is 0. The van der Waals surface area contributed by atoms with Gasteiger partial charge in [0, 0.05) is 11.8 Å². The van der Waals surface area contributed by atoms with Crippen LogP contribution in [0.3, 0.4) is 0 Å². The molecule has 4 heterocycles. The Kier molecular flexibility index (Phi) is 4.21. The van der Waals surface area contributed by atoms with Crippen LogP contribution in [0, 0.1) is 0 Å². The van der Waals surface area contributed by atoms with Crippen molar-refractivity contribution in [2.75, 3.05) is 26.3 Å². The van der Waals surface area contributed by atoms with Crippen LogP contribution >= 0.6 is 11.6 Å². The second kappa shape index (κ2) is 6.86. The van der Waals surface area contributed by atoms with E-state index in [1.165, 1.54) is 0 Å². The quantitative estimate of drug-likeness (QED) is 0.739. The Morgan fingerprint density at radius 2 is 1.96 bits per heavy atom. The minimum atomic E-state index is 0.402. The normalized spacial score (nSPS) is 17.2. The second-order valence-electron chi connectivity index (χ2n) is 6.60. The van der Waals surface area contributed by atoms with Gasteiger partial charge in [-0.2, -0.15) is 10.1 Å². The van der Waals surface area contributed by atoms with Gasteiger partial charge in [0.1, 0.15) is 13.2 Å². The van der Waals surface area contributed by atoms with Gasteiger partial charge in [0.25, 0.3) is 5.89 Å². The molecule has 1 N–H and O–H groups in total. The van der Waals surface area contributed by atoms with Gasteiger partial charge in [-0.05, 0) is 38.1 Å². The summed E-state index contributed by atoms with van der Waals surface area (Å²) >= 11 is 6.30. The van der Waals surface area contributed by atoms with E-state index in [9.17, 15) is 0 Å². The lowest BCUT2D eigenvalue weighted by atomic mass is 10.1. The molecule has 140 valence electrons. The Labute approximate surface area is 160 Å². The van der Waals surface area contributed by atoms with Crippen molar-refractivity contribution in [1.29, 1.82) is 0 Å². The minimum Gasteiger partial charge on any atom is -0.486 e. The molecular formula is C18H18ClN5O3. The molecular weight excluding hydrogens is 370 g/mol. The highest BCUT2D eigenvalue weighted by Gasteiger charge is 2.21. The molecule has 2 aromatic heterocycles. The molecule has 8 nitrogen and oxygen atoms in total. The zero-order valence-electron chi connectivity index (χ0n) is 14.5. The molecule has 0 saturated carbocycles. The van der Waals surface area contributed by atoms with Crippen molar-refractivity contribution >= 4 is 11.6 Å². The molecule has 0 aliphatic carbocycles. The molecule has 0 radical (unpaired) electrons. The predicted molar refractivity (Wildman–Crippen MR) is 98.1 cm³/mol. The number of nitrogens with zero attached hydrogens (tertiary/aromatic N) is 4. The maximum atomic E-state index is 6.30. The van der Waals surface area contributed by atoms with Crippen molar-refractivity contribution < 1.29 is 14.0 Å². The third-order valence-electron chi connectivity index (χ3n) is 4.81. The first-order chi connectivity index (χ1) is 13.3. The molecule has 0 atom stereocenters. The zero-order valence-corrected chi connectivity index (χ0v) is 15.3. The molecule has 9 heteroatoms. The molecule has 5 rings (SSSR count). The number of halogens is 1. The molecule has 27 heavy (non-hydrogen) atoms. The maximum Gasteiger partial charge on any atom is 0.261 e. The van der Waals surface area contributed by atoms with Gasteiger partial charge in [-0.3, -0.25) is 4.68 Å². The average molecular weight is 388 g/mol. The first-order valence-corrected chi connectivity index (χ1v) is 9.34. The lowest BCUT2D eigenvalue weighted by Gasteiger charge is -2.22. The van der Waals surface area contributed by atoms with E-state index in [0.29, 0.717) is 53.1 Å². The van der Waals surface area contributed by atoms with Crippen molar-refractivity contribution in [3.8, 4) is 34.3 Å². The van der Waals surface area contributed by atoms with Crippen LogP contribution in [0.4, 0.5) is 0 Å². The molecule has 0 bridgehead atoms. The maximum absolute atomic E-state index is 6.30. The number of nitrogens with one attached hydrogen (secondary N) is 1. The lowest BCUT2D eigenvalue weighted by molar-refractivity contribution is 0.172.